The summed E-state index contributed by atoms with van der Waals surface area (Å²) in [6.07, 6.45) is 8.04. The molecule has 6 amide bonds. The normalized spacial score (nSPS) is 20.1. The standard InChI is InChI=1S/C46H58N8O8/c1-47-46(60)53-21-15-32-35(25-50(3)43(57)36(32)27-53)29-22-39(61-4)37(40(23-29)62-5)26-51-17-11-28(12-18-51)10-16-49(2)30-13-19-52(20-14-30)31-6-7-33-34(24-31)45(59)54(44(33)58)38-8-9-41(55)48-42(38)56/h6-7,22-25,28,30,38H,8-21,26-27H2,1-5H3,(H,47,60)(H,48,55,56). The number of amides is 6. The Hall–Kier alpha value is -5.74. The van der Waals surface area contributed by atoms with Gasteiger partial charge in [0.25, 0.3) is 17.4 Å². The zero-order chi connectivity index (χ0) is 43.8. The fourth-order valence-corrected chi connectivity index (χ4v) is 10.1. The van der Waals surface area contributed by atoms with Crippen LogP contribution < -0.4 is 30.6 Å². The number of nitrogens with zero attached hydrogens (tertiary/aromatic N) is 6. The Morgan fingerprint density at radius 1 is 0.839 bits per heavy atom. The van der Waals surface area contributed by atoms with Crippen LogP contribution in [0.4, 0.5) is 10.5 Å². The number of carbonyl (C=O) groups excluding carboxylic acids is 5. The van der Waals surface area contributed by atoms with Gasteiger partial charge in [0.2, 0.25) is 11.8 Å². The maximum atomic E-state index is 13.4. The van der Waals surface area contributed by atoms with Gasteiger partial charge in [-0.05, 0) is 119 Å². The third-order valence-electron chi connectivity index (χ3n) is 13.8. The van der Waals surface area contributed by atoms with Crippen LogP contribution in [-0.2, 0) is 36.1 Å². The molecule has 3 fully saturated rings. The number of fused-ring (bicyclic) bond motifs is 2. The lowest BCUT2D eigenvalue weighted by Crippen LogP contribution is -2.54. The lowest BCUT2D eigenvalue weighted by molar-refractivity contribution is -0.136. The molecule has 0 aliphatic carbocycles. The molecule has 16 heteroatoms. The van der Waals surface area contributed by atoms with E-state index in [-0.39, 0.29) is 31.0 Å². The zero-order valence-electron chi connectivity index (χ0n) is 36.5. The second-order valence-corrected chi connectivity index (χ2v) is 17.4. The minimum atomic E-state index is -0.973. The van der Waals surface area contributed by atoms with E-state index in [4.69, 9.17) is 9.47 Å². The van der Waals surface area contributed by atoms with Crippen molar-refractivity contribution in [1.29, 1.82) is 0 Å². The first-order chi connectivity index (χ1) is 29.9. The van der Waals surface area contributed by atoms with Crippen molar-refractivity contribution in [1.82, 2.24) is 34.8 Å². The molecule has 5 aliphatic heterocycles. The van der Waals surface area contributed by atoms with E-state index < -0.39 is 29.7 Å². The van der Waals surface area contributed by atoms with Crippen molar-refractivity contribution < 1.29 is 33.4 Å². The van der Waals surface area contributed by atoms with E-state index in [0.29, 0.717) is 48.2 Å². The Morgan fingerprint density at radius 3 is 2.19 bits per heavy atom. The van der Waals surface area contributed by atoms with E-state index in [2.05, 4.69) is 32.4 Å². The Bertz CT molecular complexity index is 2300. The maximum absolute atomic E-state index is 13.4. The van der Waals surface area contributed by atoms with Gasteiger partial charge in [0, 0.05) is 75.7 Å². The van der Waals surface area contributed by atoms with Gasteiger partial charge in [-0.25, -0.2) is 4.79 Å². The lowest BCUT2D eigenvalue weighted by atomic mass is 9.91. The summed E-state index contributed by atoms with van der Waals surface area (Å²) in [7, 11) is 8.94. The second kappa shape index (κ2) is 17.9. The number of piperidine rings is 3. The van der Waals surface area contributed by atoms with E-state index >= 15 is 0 Å². The predicted octanol–water partition coefficient (Wildman–Crippen LogP) is 3.37. The number of carbonyl (C=O) groups is 5. The molecule has 3 aromatic rings. The van der Waals surface area contributed by atoms with E-state index in [1.165, 1.54) is 0 Å². The number of imide groups is 2. The van der Waals surface area contributed by atoms with Gasteiger partial charge in [-0.3, -0.25) is 39.1 Å². The van der Waals surface area contributed by atoms with Crippen LogP contribution in [0.15, 0.2) is 41.3 Å². The predicted molar refractivity (Wildman–Crippen MR) is 232 cm³/mol. The molecule has 1 aromatic heterocycles. The maximum Gasteiger partial charge on any atom is 0.317 e. The SMILES string of the molecule is CNC(=O)N1CCc2c(-c3cc(OC)c(CN4CCC(CCN(C)C5CCN(c6ccc7c(c6)C(=O)N(C6CCC(=O)NC6=O)C7=O)CC5)CC4)c(OC)c3)cn(C)c(=O)c2C1. The summed E-state index contributed by atoms with van der Waals surface area (Å²) in [6.45, 7) is 6.16. The highest BCUT2D eigenvalue weighted by Crippen LogP contribution is 2.39. The van der Waals surface area contributed by atoms with Gasteiger partial charge in [0.05, 0.1) is 37.5 Å². The summed E-state index contributed by atoms with van der Waals surface area (Å²) >= 11 is 0. The van der Waals surface area contributed by atoms with Crippen molar-refractivity contribution in [3.05, 3.63) is 74.7 Å². The van der Waals surface area contributed by atoms with E-state index in [1.807, 2.05) is 24.4 Å². The fourth-order valence-electron chi connectivity index (χ4n) is 10.1. The average molecular weight is 851 g/mol. The number of ether oxygens (including phenoxy) is 2. The largest absolute Gasteiger partial charge is 0.496 e. The number of pyridine rings is 1. The number of hydrogen-bond acceptors (Lipinski definition) is 11. The summed E-state index contributed by atoms with van der Waals surface area (Å²) in [5.41, 5.74) is 5.86. The Morgan fingerprint density at radius 2 is 1.53 bits per heavy atom. The van der Waals surface area contributed by atoms with Crippen molar-refractivity contribution in [2.75, 3.05) is 72.5 Å². The lowest BCUT2D eigenvalue weighted by Gasteiger charge is -2.39. The number of anilines is 1. The molecule has 62 heavy (non-hydrogen) atoms. The molecule has 0 spiro atoms. The first-order valence-corrected chi connectivity index (χ1v) is 21.9. The van der Waals surface area contributed by atoms with Gasteiger partial charge in [-0.15, -0.1) is 0 Å². The smallest absolute Gasteiger partial charge is 0.317 e. The molecule has 0 saturated carbocycles. The van der Waals surface area contributed by atoms with Crippen LogP contribution in [0.1, 0.15) is 82.4 Å². The average Bonchev–Trinajstić information content (AvgIpc) is 3.54. The molecule has 5 aliphatic rings. The van der Waals surface area contributed by atoms with Crippen molar-refractivity contribution in [2.45, 2.75) is 76.5 Å². The summed E-state index contributed by atoms with van der Waals surface area (Å²) in [4.78, 5) is 86.2. The van der Waals surface area contributed by atoms with Crippen molar-refractivity contribution in [3.63, 3.8) is 0 Å². The number of rotatable bonds is 11. The van der Waals surface area contributed by atoms with Crippen LogP contribution in [0.2, 0.25) is 0 Å². The zero-order valence-corrected chi connectivity index (χ0v) is 36.5. The number of aryl methyl sites for hydroxylation is 1. The summed E-state index contributed by atoms with van der Waals surface area (Å²) < 4.78 is 13.6. The third kappa shape index (κ3) is 8.29. The van der Waals surface area contributed by atoms with E-state index in [9.17, 15) is 28.8 Å². The minimum absolute atomic E-state index is 0.0926. The van der Waals surface area contributed by atoms with Gasteiger partial charge in [0.1, 0.15) is 17.5 Å². The number of aromatic nitrogens is 1. The fraction of sp³-hybridized carbons (Fsp3) is 0.522. The highest BCUT2D eigenvalue weighted by molar-refractivity contribution is 6.23. The monoisotopic (exact) mass is 850 g/mol. The molecular weight excluding hydrogens is 793 g/mol. The molecule has 6 heterocycles. The van der Waals surface area contributed by atoms with Crippen molar-refractivity contribution in [3.8, 4) is 22.6 Å². The number of urea groups is 1. The Labute approximate surface area is 362 Å². The molecule has 0 radical (unpaired) electrons. The van der Waals surface area contributed by atoms with Crippen LogP contribution in [0.5, 0.6) is 11.5 Å². The van der Waals surface area contributed by atoms with E-state index in [0.717, 1.165) is 109 Å². The third-order valence-corrected chi connectivity index (χ3v) is 13.8. The molecular formula is C46H58N8O8. The second-order valence-electron chi connectivity index (χ2n) is 17.4. The van der Waals surface area contributed by atoms with Gasteiger partial charge < -0.3 is 34.1 Å². The first-order valence-electron chi connectivity index (χ1n) is 21.9. The molecule has 2 N–H and O–H groups in total. The highest BCUT2D eigenvalue weighted by atomic mass is 16.5. The van der Waals surface area contributed by atoms with Crippen molar-refractivity contribution >= 4 is 35.3 Å². The van der Waals surface area contributed by atoms with Gasteiger partial charge in [-0.2, -0.15) is 0 Å². The molecule has 3 saturated heterocycles. The summed E-state index contributed by atoms with van der Waals surface area (Å²) in [5.74, 6) is 0.172. The van der Waals surface area contributed by atoms with E-state index in [1.54, 1.807) is 49.9 Å². The summed E-state index contributed by atoms with van der Waals surface area (Å²) in [6, 6.07) is 8.75. The number of hydrogen-bond donors (Lipinski definition) is 2. The molecule has 330 valence electrons. The number of likely N-dealkylation sites (tertiary alicyclic amines) is 1. The van der Waals surface area contributed by atoms with Crippen LogP contribution in [0.25, 0.3) is 11.1 Å². The van der Waals surface area contributed by atoms with Crippen molar-refractivity contribution in [2.24, 2.45) is 13.0 Å². The number of methoxy groups -OCH3 is 2. The van der Waals surface area contributed by atoms with Crippen LogP contribution in [-0.4, -0.2) is 133 Å². The molecule has 8 rings (SSSR count). The Balaban J connectivity index is 0.829. The first kappa shape index (κ1) is 42.9. The van der Waals surface area contributed by atoms with Crippen LogP contribution in [0, 0.1) is 5.92 Å². The molecule has 1 atom stereocenters. The van der Waals surface area contributed by atoms with Gasteiger partial charge in [-0.1, -0.05) is 0 Å². The highest BCUT2D eigenvalue weighted by Gasteiger charge is 2.45. The minimum Gasteiger partial charge on any atom is -0.496 e. The summed E-state index contributed by atoms with van der Waals surface area (Å²) in [5, 5.41) is 4.93. The topological polar surface area (TPSA) is 166 Å². The molecule has 1 unspecified atom stereocenters. The van der Waals surface area contributed by atoms with Gasteiger partial charge >= 0.3 is 6.03 Å². The molecule has 0 bridgehead atoms. The molecule has 2 aromatic carbocycles. The Kier molecular flexibility index (Phi) is 12.4. The number of benzene rings is 2. The molecule has 16 nitrogen and oxygen atoms in total. The number of nitrogens with one attached hydrogen (secondary N) is 2. The van der Waals surface area contributed by atoms with Crippen LogP contribution in [0.3, 0.4) is 0 Å². The van der Waals surface area contributed by atoms with Crippen LogP contribution >= 0.6 is 0 Å². The quantitative estimate of drug-likeness (QED) is 0.272. The van der Waals surface area contributed by atoms with Gasteiger partial charge in [0.15, 0.2) is 0 Å².